The second-order valence-electron chi connectivity index (χ2n) is 2.18. The lowest BCUT2D eigenvalue weighted by Crippen LogP contribution is -1.91. The molecular formula is C7HBrF2N4. The first-order valence-electron chi connectivity index (χ1n) is 3.24. The molecule has 1 aromatic rings. The molecule has 0 fully saturated rings. The Kier molecular flexibility index (Phi) is 3.02. The van der Waals surface area contributed by atoms with Crippen molar-refractivity contribution in [2.75, 3.05) is 0 Å². The van der Waals surface area contributed by atoms with E-state index in [0.29, 0.717) is 0 Å². The van der Waals surface area contributed by atoms with E-state index in [4.69, 9.17) is 10.8 Å². The van der Waals surface area contributed by atoms with Crippen LogP contribution in [0.3, 0.4) is 0 Å². The minimum absolute atomic E-state index is 0.0377. The standard InChI is InChI=1S/C7HBrF2N4/c8-4-1-5(9)3(2-11)6(10)7(4)13-14-12/h1H. The van der Waals surface area contributed by atoms with Crippen molar-refractivity contribution >= 4 is 21.6 Å². The number of nitrogens with zero attached hydrogens (tertiary/aromatic N) is 4. The van der Waals surface area contributed by atoms with Crippen LogP contribution >= 0.6 is 15.9 Å². The Balaban J connectivity index is 3.61. The summed E-state index contributed by atoms with van der Waals surface area (Å²) >= 11 is 2.81. The molecule has 0 atom stereocenters. The van der Waals surface area contributed by atoms with Gasteiger partial charge in [0, 0.05) is 9.38 Å². The Morgan fingerprint density at radius 2 is 2.21 bits per heavy atom. The average molecular weight is 259 g/mol. The summed E-state index contributed by atoms with van der Waals surface area (Å²) in [7, 11) is 0. The Hall–Kier alpha value is -1.64. The fourth-order valence-corrected chi connectivity index (χ4v) is 1.27. The molecule has 70 valence electrons. The van der Waals surface area contributed by atoms with Crippen molar-refractivity contribution in [1.82, 2.24) is 0 Å². The summed E-state index contributed by atoms with van der Waals surface area (Å²) in [6.07, 6.45) is 0. The summed E-state index contributed by atoms with van der Waals surface area (Å²) in [4.78, 5) is 2.36. The highest BCUT2D eigenvalue weighted by Crippen LogP contribution is 2.32. The van der Waals surface area contributed by atoms with E-state index in [-0.39, 0.29) is 4.47 Å². The topological polar surface area (TPSA) is 72.5 Å². The SMILES string of the molecule is N#Cc1c(F)cc(Br)c(N=[N+]=[N-])c1F. The van der Waals surface area contributed by atoms with Gasteiger partial charge in [-0.25, -0.2) is 8.78 Å². The van der Waals surface area contributed by atoms with Crippen LogP contribution in [-0.4, -0.2) is 0 Å². The summed E-state index contributed by atoms with van der Waals surface area (Å²) in [5, 5.41) is 11.4. The van der Waals surface area contributed by atoms with Crippen LogP contribution in [0, 0.1) is 23.0 Å². The molecule has 0 bridgehead atoms. The zero-order valence-corrected chi connectivity index (χ0v) is 8.09. The highest BCUT2D eigenvalue weighted by atomic mass is 79.9. The van der Waals surface area contributed by atoms with E-state index in [9.17, 15) is 8.78 Å². The van der Waals surface area contributed by atoms with Crippen molar-refractivity contribution in [1.29, 1.82) is 5.26 Å². The van der Waals surface area contributed by atoms with Crippen LogP contribution in [-0.2, 0) is 0 Å². The van der Waals surface area contributed by atoms with Gasteiger partial charge in [0.25, 0.3) is 0 Å². The number of hydrogen-bond donors (Lipinski definition) is 0. The largest absolute Gasteiger partial charge is 0.205 e. The molecule has 0 unspecified atom stereocenters. The lowest BCUT2D eigenvalue weighted by atomic mass is 10.2. The molecule has 0 aliphatic carbocycles. The summed E-state index contributed by atoms with van der Waals surface area (Å²) in [6, 6.07) is 2.20. The van der Waals surface area contributed by atoms with Gasteiger partial charge >= 0.3 is 0 Å². The number of benzene rings is 1. The second-order valence-corrected chi connectivity index (χ2v) is 3.03. The van der Waals surface area contributed by atoms with Crippen molar-refractivity contribution in [2.45, 2.75) is 0 Å². The molecule has 0 N–H and O–H groups in total. The maximum Gasteiger partial charge on any atom is 0.154 e. The monoisotopic (exact) mass is 258 g/mol. The molecule has 14 heavy (non-hydrogen) atoms. The summed E-state index contributed by atoms with van der Waals surface area (Å²) in [6.45, 7) is 0. The molecule has 0 amide bonds. The van der Waals surface area contributed by atoms with Crippen LogP contribution in [0.5, 0.6) is 0 Å². The van der Waals surface area contributed by atoms with Crippen LogP contribution in [0.25, 0.3) is 10.4 Å². The summed E-state index contributed by atoms with van der Waals surface area (Å²) < 4.78 is 26.1. The van der Waals surface area contributed by atoms with E-state index in [2.05, 4.69) is 26.0 Å². The third-order valence-corrected chi connectivity index (χ3v) is 2.01. The van der Waals surface area contributed by atoms with Gasteiger partial charge in [-0.3, -0.25) is 0 Å². The molecule has 7 heteroatoms. The maximum absolute atomic E-state index is 13.2. The van der Waals surface area contributed by atoms with Gasteiger partial charge in [0.1, 0.15) is 17.4 Å². The normalized spacial score (nSPS) is 9.00. The molecule has 4 nitrogen and oxygen atoms in total. The number of hydrogen-bond acceptors (Lipinski definition) is 2. The lowest BCUT2D eigenvalue weighted by Gasteiger charge is -2.01. The number of nitriles is 1. The highest BCUT2D eigenvalue weighted by molar-refractivity contribution is 9.10. The first-order valence-corrected chi connectivity index (χ1v) is 4.03. The predicted molar refractivity (Wildman–Crippen MR) is 47.6 cm³/mol. The lowest BCUT2D eigenvalue weighted by molar-refractivity contribution is 0.577. The third-order valence-electron chi connectivity index (χ3n) is 1.40. The zero-order chi connectivity index (χ0) is 10.7. The Bertz CT molecular complexity index is 474. The van der Waals surface area contributed by atoms with Gasteiger partial charge in [-0.15, -0.1) is 0 Å². The molecule has 0 aliphatic rings. The van der Waals surface area contributed by atoms with Gasteiger partial charge < -0.3 is 0 Å². The minimum Gasteiger partial charge on any atom is -0.205 e. The molecule has 0 heterocycles. The predicted octanol–water partition coefficient (Wildman–Crippen LogP) is 3.54. The van der Waals surface area contributed by atoms with E-state index in [0.717, 1.165) is 6.07 Å². The van der Waals surface area contributed by atoms with Crippen LogP contribution < -0.4 is 0 Å². The molecule has 1 rings (SSSR count). The smallest absolute Gasteiger partial charge is 0.154 e. The zero-order valence-electron chi connectivity index (χ0n) is 6.50. The van der Waals surface area contributed by atoms with E-state index in [1.54, 1.807) is 0 Å². The maximum atomic E-state index is 13.2. The molecule has 0 aromatic heterocycles. The van der Waals surface area contributed by atoms with Gasteiger partial charge in [-0.2, -0.15) is 5.26 Å². The van der Waals surface area contributed by atoms with Gasteiger partial charge in [0.05, 0.1) is 5.69 Å². The highest BCUT2D eigenvalue weighted by Gasteiger charge is 2.15. The number of halogens is 3. The Morgan fingerprint density at radius 1 is 1.57 bits per heavy atom. The van der Waals surface area contributed by atoms with E-state index < -0.39 is 22.9 Å². The van der Waals surface area contributed by atoms with Gasteiger partial charge in [0.2, 0.25) is 0 Å². The van der Waals surface area contributed by atoms with Crippen molar-refractivity contribution in [3.05, 3.63) is 38.2 Å². The van der Waals surface area contributed by atoms with E-state index in [1.165, 1.54) is 6.07 Å². The summed E-state index contributed by atoms with van der Waals surface area (Å²) in [5.41, 5.74) is 6.90. The first-order chi connectivity index (χ1) is 6.61. The Morgan fingerprint density at radius 3 is 2.71 bits per heavy atom. The number of rotatable bonds is 1. The molecule has 0 saturated heterocycles. The van der Waals surface area contributed by atoms with Gasteiger partial charge in [0.15, 0.2) is 5.82 Å². The Labute approximate surface area is 85.5 Å². The van der Waals surface area contributed by atoms with Crippen molar-refractivity contribution in [2.24, 2.45) is 5.11 Å². The van der Waals surface area contributed by atoms with E-state index in [1.807, 2.05) is 0 Å². The third kappa shape index (κ3) is 1.66. The summed E-state index contributed by atoms with van der Waals surface area (Å²) in [5.74, 6) is -2.18. The first kappa shape index (κ1) is 10.4. The van der Waals surface area contributed by atoms with Crippen molar-refractivity contribution < 1.29 is 8.78 Å². The number of azide groups is 1. The van der Waals surface area contributed by atoms with Gasteiger partial charge in [-0.1, -0.05) is 21.0 Å². The average Bonchev–Trinajstić information content (AvgIpc) is 2.12. The minimum atomic E-state index is -1.17. The molecule has 0 spiro atoms. The van der Waals surface area contributed by atoms with Crippen LogP contribution in [0.1, 0.15) is 5.56 Å². The van der Waals surface area contributed by atoms with Crippen molar-refractivity contribution in [3.63, 3.8) is 0 Å². The second kappa shape index (κ2) is 4.05. The molecular weight excluding hydrogens is 258 g/mol. The quantitative estimate of drug-likeness (QED) is 0.431. The van der Waals surface area contributed by atoms with Crippen LogP contribution in [0.15, 0.2) is 15.7 Å². The fraction of sp³-hybridized carbons (Fsp3) is 0. The van der Waals surface area contributed by atoms with Crippen LogP contribution in [0.2, 0.25) is 0 Å². The van der Waals surface area contributed by atoms with Crippen molar-refractivity contribution in [3.8, 4) is 6.07 Å². The molecule has 1 aromatic carbocycles. The molecule has 0 radical (unpaired) electrons. The van der Waals surface area contributed by atoms with Gasteiger partial charge in [-0.05, 0) is 11.6 Å². The molecule has 0 aliphatic heterocycles. The van der Waals surface area contributed by atoms with E-state index >= 15 is 0 Å². The fourth-order valence-electron chi connectivity index (χ4n) is 0.819. The van der Waals surface area contributed by atoms with Crippen LogP contribution in [0.4, 0.5) is 14.5 Å². The molecule has 0 saturated carbocycles.